The Labute approximate surface area is 57.3 Å². The third kappa shape index (κ3) is 18.2. The molecule has 9 heavy (non-hydrogen) atoms. The fourth-order valence-corrected chi connectivity index (χ4v) is 0.300. The SMILES string of the molecule is C[N+](C)(C)CCO.[B]=O. The number of aliphatic hydroxyl groups is 1. The summed E-state index contributed by atoms with van der Waals surface area (Å²) < 4.78 is 8.59. The first-order valence-electron chi connectivity index (χ1n) is 2.71. The summed E-state index contributed by atoms with van der Waals surface area (Å²) in [5.41, 5.74) is 0. The monoisotopic (exact) mass is 131 g/mol. The maximum atomic E-state index is 8.39. The van der Waals surface area contributed by atoms with Crippen molar-refractivity contribution in [2.24, 2.45) is 0 Å². The van der Waals surface area contributed by atoms with Crippen LogP contribution in [-0.4, -0.2) is 51.6 Å². The molecule has 53 valence electrons. The van der Waals surface area contributed by atoms with Crippen LogP contribution >= 0.6 is 0 Å². The second-order valence-corrected chi connectivity index (χ2v) is 2.74. The van der Waals surface area contributed by atoms with E-state index in [-0.39, 0.29) is 6.61 Å². The molecule has 1 N–H and O–H groups in total. The Bertz CT molecular complexity index is 62.5. The molecule has 1 radical (unpaired) electrons. The summed E-state index contributed by atoms with van der Waals surface area (Å²) in [4.78, 5) is 0. The van der Waals surface area contributed by atoms with E-state index >= 15 is 0 Å². The van der Waals surface area contributed by atoms with Gasteiger partial charge >= 0.3 is 12.4 Å². The van der Waals surface area contributed by atoms with Crippen molar-refractivity contribution >= 4 is 7.72 Å². The van der Waals surface area contributed by atoms with Crippen LogP contribution in [-0.2, 0) is 4.70 Å². The number of likely N-dealkylation sites (N-methyl/N-ethyl adjacent to an activating group) is 1. The zero-order valence-corrected chi connectivity index (χ0v) is 6.29. The number of rotatable bonds is 2. The molecule has 0 aromatic carbocycles. The molecule has 0 aliphatic heterocycles. The van der Waals surface area contributed by atoms with Gasteiger partial charge < -0.3 is 9.59 Å². The second-order valence-electron chi connectivity index (χ2n) is 2.74. The second kappa shape index (κ2) is 5.91. The Morgan fingerprint density at radius 2 is 1.67 bits per heavy atom. The van der Waals surface area contributed by atoms with E-state index in [1.807, 2.05) is 0 Å². The molecule has 0 saturated heterocycles. The van der Waals surface area contributed by atoms with Gasteiger partial charge in [-0.05, 0) is 0 Å². The van der Waals surface area contributed by atoms with Crippen LogP contribution in [0.15, 0.2) is 0 Å². The number of hydrogen-bond donors (Lipinski definition) is 1. The zero-order valence-electron chi connectivity index (χ0n) is 6.29. The van der Waals surface area contributed by atoms with Crippen molar-refractivity contribution in [1.82, 2.24) is 0 Å². The van der Waals surface area contributed by atoms with Gasteiger partial charge in [-0.2, -0.15) is 0 Å². The van der Waals surface area contributed by atoms with E-state index in [0.717, 1.165) is 11.0 Å². The molecule has 0 aliphatic rings. The van der Waals surface area contributed by atoms with Gasteiger partial charge in [-0.15, -0.1) is 0 Å². The molecule has 0 spiro atoms. The fraction of sp³-hybridized carbons (Fsp3) is 1.00. The number of hydrogen-bond acceptors (Lipinski definition) is 2. The maximum absolute atomic E-state index is 8.39. The van der Waals surface area contributed by atoms with E-state index < -0.39 is 0 Å². The molecule has 0 amide bonds. The molecule has 0 rings (SSSR count). The molecule has 0 aromatic rings. The zero-order chi connectivity index (χ0) is 7.91. The minimum absolute atomic E-state index is 0.281. The van der Waals surface area contributed by atoms with Gasteiger partial charge in [0.15, 0.2) is 0 Å². The first-order valence-corrected chi connectivity index (χ1v) is 2.71. The van der Waals surface area contributed by atoms with Gasteiger partial charge in [0.25, 0.3) is 0 Å². The summed E-state index contributed by atoms with van der Waals surface area (Å²) in [7, 11) is 9.41. The minimum atomic E-state index is 0.281. The molecule has 0 heterocycles. The topological polar surface area (TPSA) is 37.3 Å². The van der Waals surface area contributed by atoms with Crippen molar-refractivity contribution in [3.8, 4) is 0 Å². The Hall–Kier alpha value is -0.215. The molecule has 0 aliphatic carbocycles. The van der Waals surface area contributed by atoms with Crippen molar-refractivity contribution in [3.63, 3.8) is 0 Å². The predicted octanol–water partition coefficient (Wildman–Crippen LogP) is -0.815. The van der Waals surface area contributed by atoms with Crippen LogP contribution in [0.3, 0.4) is 0 Å². The molecule has 0 fully saturated rings. The van der Waals surface area contributed by atoms with Gasteiger partial charge in [-0.25, -0.2) is 0 Å². The van der Waals surface area contributed by atoms with E-state index in [4.69, 9.17) is 9.81 Å². The Morgan fingerprint density at radius 3 is 1.67 bits per heavy atom. The van der Waals surface area contributed by atoms with E-state index in [1.54, 1.807) is 0 Å². The molecule has 0 aromatic heterocycles. The molecule has 0 unspecified atom stereocenters. The van der Waals surface area contributed by atoms with Crippen molar-refractivity contribution in [2.75, 3.05) is 34.3 Å². The van der Waals surface area contributed by atoms with Crippen molar-refractivity contribution < 1.29 is 14.3 Å². The number of nitrogens with zero attached hydrogens (tertiary/aromatic N) is 1. The molecule has 0 saturated carbocycles. The summed E-state index contributed by atoms with van der Waals surface area (Å²) in [5, 5.41) is 8.39. The first kappa shape index (κ1) is 11.6. The summed E-state index contributed by atoms with van der Waals surface area (Å²) in [6.07, 6.45) is 0. The fourth-order valence-electron chi connectivity index (χ4n) is 0.300. The van der Waals surface area contributed by atoms with E-state index in [2.05, 4.69) is 28.9 Å². The average Bonchev–Trinajstić information content (AvgIpc) is 1.69. The summed E-state index contributed by atoms with van der Waals surface area (Å²) >= 11 is 0. The van der Waals surface area contributed by atoms with Crippen LogP contribution in [0.5, 0.6) is 0 Å². The van der Waals surface area contributed by atoms with Crippen molar-refractivity contribution in [1.29, 1.82) is 0 Å². The van der Waals surface area contributed by atoms with Crippen molar-refractivity contribution in [2.45, 2.75) is 0 Å². The van der Waals surface area contributed by atoms with E-state index in [0.29, 0.717) is 0 Å². The quantitative estimate of drug-likeness (QED) is 0.393. The summed E-state index contributed by atoms with van der Waals surface area (Å²) in [6, 6.07) is 0. The summed E-state index contributed by atoms with van der Waals surface area (Å²) in [6.45, 7) is 1.11. The van der Waals surface area contributed by atoms with Crippen LogP contribution in [0.4, 0.5) is 0 Å². The van der Waals surface area contributed by atoms with Crippen LogP contribution in [0.2, 0.25) is 0 Å². The van der Waals surface area contributed by atoms with Gasteiger partial charge in [-0.1, -0.05) is 0 Å². The van der Waals surface area contributed by atoms with Crippen LogP contribution < -0.4 is 0 Å². The average molecular weight is 131 g/mol. The van der Waals surface area contributed by atoms with Gasteiger partial charge in [0.1, 0.15) is 6.54 Å². The number of aliphatic hydroxyl groups excluding tert-OH is 1. The molecular weight excluding hydrogens is 117 g/mol. The normalized spacial score (nSPS) is 9.67. The molecule has 3 nitrogen and oxygen atoms in total. The number of quaternary nitrogens is 1. The van der Waals surface area contributed by atoms with Gasteiger partial charge in [0.05, 0.1) is 27.7 Å². The Morgan fingerprint density at radius 1 is 1.33 bits per heavy atom. The van der Waals surface area contributed by atoms with Crippen LogP contribution in [0.25, 0.3) is 0 Å². The molecule has 4 heteroatoms. The summed E-state index contributed by atoms with van der Waals surface area (Å²) in [5.74, 6) is 0. The van der Waals surface area contributed by atoms with Crippen LogP contribution in [0.1, 0.15) is 0 Å². The van der Waals surface area contributed by atoms with E-state index in [1.165, 1.54) is 0 Å². The Kier molecular flexibility index (Phi) is 7.60. The molecular formula is C5H14BNO2+. The third-order valence-corrected chi connectivity index (χ3v) is 0.771. The third-order valence-electron chi connectivity index (χ3n) is 0.771. The van der Waals surface area contributed by atoms with Gasteiger partial charge in [-0.3, -0.25) is 0 Å². The van der Waals surface area contributed by atoms with Crippen LogP contribution in [0, 0.1) is 0 Å². The van der Waals surface area contributed by atoms with Gasteiger partial charge in [0.2, 0.25) is 0 Å². The molecule has 0 atom stereocenters. The molecule has 0 bridgehead atoms. The van der Waals surface area contributed by atoms with Gasteiger partial charge in [0, 0.05) is 0 Å². The standard InChI is InChI=1S/C5H14NO.BO/c1-6(2,3)4-5-7;1-2/h7H,4-5H2,1-3H3;/q+1;. The Balaban J connectivity index is 0. The van der Waals surface area contributed by atoms with Crippen molar-refractivity contribution in [3.05, 3.63) is 0 Å². The van der Waals surface area contributed by atoms with E-state index in [9.17, 15) is 0 Å². The first-order chi connectivity index (χ1) is 4.06. The predicted molar refractivity (Wildman–Crippen MR) is 36.4 cm³/mol.